The van der Waals surface area contributed by atoms with Gasteiger partial charge < -0.3 is 0 Å². The van der Waals surface area contributed by atoms with Crippen LogP contribution in [0.15, 0.2) is 22.7 Å². The van der Waals surface area contributed by atoms with Crippen molar-refractivity contribution in [2.24, 2.45) is 0 Å². The predicted octanol–water partition coefficient (Wildman–Crippen LogP) is 8.79. The van der Waals surface area contributed by atoms with Crippen LogP contribution in [0.4, 0.5) is 13.2 Å². The zero-order valence-electron chi connectivity index (χ0n) is 20.2. The third-order valence-corrected chi connectivity index (χ3v) is 7.20. The van der Waals surface area contributed by atoms with Gasteiger partial charge in [0.1, 0.15) is 0 Å². The first-order chi connectivity index (χ1) is 15.9. The summed E-state index contributed by atoms with van der Waals surface area (Å²) in [6, 6.07) is 5.67. The summed E-state index contributed by atoms with van der Waals surface area (Å²) in [5.41, 5.74) is 1.88. The molecule has 0 fully saturated rings. The summed E-state index contributed by atoms with van der Waals surface area (Å²) >= 11 is 3.37. The fourth-order valence-corrected chi connectivity index (χ4v) is 4.98. The second kappa shape index (κ2) is 15.2. The molecule has 1 aromatic carbocycles. The molecule has 1 aromatic rings. The highest BCUT2D eigenvalue weighted by atomic mass is 79.9. The van der Waals surface area contributed by atoms with Crippen molar-refractivity contribution in [1.29, 1.82) is 0 Å². The topological polar surface area (TPSA) is 20.3 Å². The average Bonchev–Trinajstić information content (AvgIpc) is 2.80. The van der Waals surface area contributed by atoms with Crippen molar-refractivity contribution < 1.29 is 18.0 Å². The van der Waals surface area contributed by atoms with Crippen LogP contribution in [-0.4, -0.2) is 29.4 Å². The summed E-state index contributed by atoms with van der Waals surface area (Å²) in [4.78, 5) is 13.2. The molecule has 33 heavy (non-hydrogen) atoms. The van der Waals surface area contributed by atoms with Crippen molar-refractivity contribution >= 4 is 21.7 Å². The van der Waals surface area contributed by atoms with E-state index in [1.54, 1.807) is 0 Å². The molecule has 1 unspecified atom stereocenters. The van der Waals surface area contributed by atoms with Crippen LogP contribution in [-0.2, 0) is 17.8 Å². The Kier molecular flexibility index (Phi) is 13.0. The fourth-order valence-electron chi connectivity index (χ4n) is 4.57. The lowest BCUT2D eigenvalue weighted by Gasteiger charge is -2.34. The quantitative estimate of drug-likeness (QED) is 0.148. The van der Waals surface area contributed by atoms with Gasteiger partial charge in [0.15, 0.2) is 0 Å². The largest absolute Gasteiger partial charge is 0.349 e. The Bertz CT molecular complexity index is 713. The van der Waals surface area contributed by atoms with Gasteiger partial charge in [0.05, 0.1) is 0 Å². The van der Waals surface area contributed by atoms with Gasteiger partial charge in [0, 0.05) is 24.0 Å². The molecule has 1 aliphatic rings. The molecule has 0 bridgehead atoms. The van der Waals surface area contributed by atoms with Gasteiger partial charge in [-0.25, -0.2) is 4.39 Å². The van der Waals surface area contributed by atoms with E-state index >= 15 is 0 Å². The van der Waals surface area contributed by atoms with Crippen molar-refractivity contribution in [3.63, 3.8) is 0 Å². The van der Waals surface area contributed by atoms with Crippen LogP contribution in [0.5, 0.6) is 0 Å². The molecule has 1 aliphatic heterocycles. The number of hydrogen-bond acceptors (Lipinski definition) is 2. The van der Waals surface area contributed by atoms with Crippen LogP contribution in [0, 0.1) is 0 Å². The number of fused-ring (bicyclic) bond motifs is 1. The van der Waals surface area contributed by atoms with Gasteiger partial charge in [-0.3, -0.25) is 9.69 Å². The number of nitrogens with zero attached hydrogens (tertiary/aromatic N) is 1. The number of hydrogen-bond donors (Lipinski definition) is 0. The smallest absolute Gasteiger partial charge is 0.293 e. The normalized spacial score (nSPS) is 15.4. The van der Waals surface area contributed by atoms with Gasteiger partial charge in [0.25, 0.3) is 0 Å². The number of Topliss-reactive ketones (excluding diaryl/α,β-unsaturated/α-hetero) is 1. The van der Waals surface area contributed by atoms with Crippen LogP contribution in [0.25, 0.3) is 0 Å². The number of carbonyl (C=O) groups excluding carboxylic acids is 1. The molecule has 0 N–H and O–H groups in total. The summed E-state index contributed by atoms with van der Waals surface area (Å²) in [5.74, 6) is -5.22. The maximum absolute atomic E-state index is 14.7. The highest BCUT2D eigenvalue weighted by Gasteiger charge is 2.50. The molecule has 0 radical (unpaired) electrons. The Morgan fingerprint density at radius 3 is 2.06 bits per heavy atom. The number of unbranched alkanes of at least 4 members (excludes halogenated alkanes) is 12. The molecular formula is C27H41BrF3NO. The van der Waals surface area contributed by atoms with Crippen molar-refractivity contribution in [2.75, 3.05) is 6.54 Å². The van der Waals surface area contributed by atoms with Crippen molar-refractivity contribution in [3.8, 4) is 0 Å². The van der Waals surface area contributed by atoms with Crippen molar-refractivity contribution in [1.82, 2.24) is 4.90 Å². The molecule has 0 aromatic heterocycles. The summed E-state index contributed by atoms with van der Waals surface area (Å²) in [5, 5.41) is 0. The zero-order chi connectivity index (χ0) is 24.1. The number of halogens is 4. The minimum atomic E-state index is -3.96. The van der Waals surface area contributed by atoms with Crippen LogP contribution in [0.1, 0.15) is 108 Å². The molecule has 0 saturated heterocycles. The van der Waals surface area contributed by atoms with E-state index < -0.39 is 18.0 Å². The van der Waals surface area contributed by atoms with Crippen LogP contribution < -0.4 is 0 Å². The third kappa shape index (κ3) is 9.71. The van der Waals surface area contributed by atoms with Crippen LogP contribution in [0.2, 0.25) is 0 Å². The lowest BCUT2D eigenvalue weighted by Crippen LogP contribution is -2.50. The van der Waals surface area contributed by atoms with E-state index in [-0.39, 0.29) is 19.5 Å². The lowest BCUT2D eigenvalue weighted by atomic mass is 9.98. The molecule has 2 nitrogen and oxygen atoms in total. The maximum atomic E-state index is 14.7. The number of rotatable bonds is 17. The van der Waals surface area contributed by atoms with Crippen LogP contribution in [0.3, 0.4) is 0 Å². The van der Waals surface area contributed by atoms with E-state index in [2.05, 4.69) is 22.9 Å². The first-order valence-corrected chi connectivity index (χ1v) is 13.7. The standard InChI is InChI=1S/C27H41BrF3NO/c1-2-3-4-5-6-7-8-9-10-11-12-13-14-15-25(33)27(30,31)26(29)32-19-18-22-16-17-24(28)20-23(22)21-32/h16-17,20,26H,2-15,18-19,21H2,1H3. The Morgan fingerprint density at radius 2 is 1.48 bits per heavy atom. The minimum absolute atomic E-state index is 0.0948. The summed E-state index contributed by atoms with van der Waals surface area (Å²) in [6.07, 6.45) is 12.5. The molecule has 0 amide bonds. The van der Waals surface area contributed by atoms with Crippen LogP contribution >= 0.6 is 15.9 Å². The van der Waals surface area contributed by atoms with Gasteiger partial charge in [-0.05, 0) is 36.1 Å². The molecule has 1 heterocycles. The molecule has 2 rings (SSSR count). The monoisotopic (exact) mass is 531 g/mol. The molecule has 0 saturated carbocycles. The molecular weight excluding hydrogens is 491 g/mol. The van der Waals surface area contributed by atoms with Gasteiger partial charge >= 0.3 is 5.92 Å². The minimum Gasteiger partial charge on any atom is -0.293 e. The van der Waals surface area contributed by atoms with E-state index in [0.29, 0.717) is 12.8 Å². The second-order valence-electron chi connectivity index (χ2n) is 9.51. The fraction of sp³-hybridized carbons (Fsp3) is 0.741. The predicted molar refractivity (Wildman–Crippen MR) is 133 cm³/mol. The Labute approximate surface area is 206 Å². The molecule has 188 valence electrons. The molecule has 6 heteroatoms. The number of benzene rings is 1. The number of alkyl halides is 3. The Morgan fingerprint density at radius 1 is 0.939 bits per heavy atom. The SMILES string of the molecule is CCCCCCCCCCCCCCCC(=O)C(F)(F)C(F)N1CCc2ccc(Br)cc2C1. The first-order valence-electron chi connectivity index (χ1n) is 12.9. The molecule has 0 aliphatic carbocycles. The Balaban J connectivity index is 1.58. The van der Waals surface area contributed by atoms with E-state index in [4.69, 9.17) is 0 Å². The van der Waals surface area contributed by atoms with E-state index in [0.717, 1.165) is 46.2 Å². The second-order valence-corrected chi connectivity index (χ2v) is 10.4. The lowest BCUT2D eigenvalue weighted by molar-refractivity contribution is -0.171. The highest BCUT2D eigenvalue weighted by molar-refractivity contribution is 9.10. The average molecular weight is 533 g/mol. The van der Waals surface area contributed by atoms with E-state index in [1.807, 2.05) is 18.2 Å². The molecule has 1 atom stereocenters. The number of ketones is 1. The first kappa shape index (κ1) is 28.4. The van der Waals surface area contributed by atoms with E-state index in [1.165, 1.54) is 51.4 Å². The maximum Gasteiger partial charge on any atom is 0.349 e. The van der Waals surface area contributed by atoms with Gasteiger partial charge in [-0.15, -0.1) is 0 Å². The van der Waals surface area contributed by atoms with E-state index in [9.17, 15) is 18.0 Å². The Hall–Kier alpha value is -0.880. The number of carbonyl (C=O) groups is 1. The van der Waals surface area contributed by atoms with Gasteiger partial charge in [-0.2, -0.15) is 8.78 Å². The van der Waals surface area contributed by atoms with Gasteiger partial charge in [-0.1, -0.05) is 106 Å². The highest BCUT2D eigenvalue weighted by Crippen LogP contribution is 2.32. The summed E-state index contributed by atoms with van der Waals surface area (Å²) < 4.78 is 44.6. The van der Waals surface area contributed by atoms with Crippen molar-refractivity contribution in [2.45, 2.75) is 122 Å². The van der Waals surface area contributed by atoms with Crippen molar-refractivity contribution in [3.05, 3.63) is 33.8 Å². The third-order valence-electron chi connectivity index (χ3n) is 6.71. The summed E-state index contributed by atoms with van der Waals surface area (Å²) in [6.45, 7) is 2.52. The molecule has 0 spiro atoms. The zero-order valence-corrected chi connectivity index (χ0v) is 21.8. The summed E-state index contributed by atoms with van der Waals surface area (Å²) in [7, 11) is 0. The van der Waals surface area contributed by atoms with Gasteiger partial charge in [0.2, 0.25) is 12.1 Å².